The Morgan fingerprint density at radius 1 is 1.47 bits per heavy atom. The Morgan fingerprint density at radius 2 is 2.11 bits per heavy atom. The Balaban J connectivity index is 3.13. The van der Waals surface area contributed by atoms with Crippen molar-refractivity contribution in [2.24, 2.45) is 0 Å². The van der Waals surface area contributed by atoms with Crippen LogP contribution in [0.1, 0.15) is 43.1 Å². The summed E-state index contributed by atoms with van der Waals surface area (Å²) < 4.78 is 6.90. The average molecular weight is 268 g/mol. The SMILES string of the molecule is CCOC(=O)c1nc(CC)n(C(C)CN(C)C)c1N. The van der Waals surface area contributed by atoms with E-state index in [4.69, 9.17) is 10.5 Å². The van der Waals surface area contributed by atoms with Crippen LogP contribution in [0.25, 0.3) is 0 Å². The van der Waals surface area contributed by atoms with Gasteiger partial charge < -0.3 is 19.9 Å². The summed E-state index contributed by atoms with van der Waals surface area (Å²) in [7, 11) is 4.00. The van der Waals surface area contributed by atoms with E-state index in [2.05, 4.69) is 16.8 Å². The summed E-state index contributed by atoms with van der Waals surface area (Å²) in [5.41, 5.74) is 6.29. The van der Waals surface area contributed by atoms with E-state index in [1.54, 1.807) is 6.92 Å². The third-order valence-corrected chi connectivity index (χ3v) is 2.88. The molecule has 0 aliphatic rings. The highest BCUT2D eigenvalue weighted by Gasteiger charge is 2.23. The van der Waals surface area contributed by atoms with Gasteiger partial charge in [-0.25, -0.2) is 9.78 Å². The van der Waals surface area contributed by atoms with E-state index in [9.17, 15) is 4.79 Å². The Hall–Kier alpha value is -1.56. The first-order chi connectivity index (χ1) is 8.92. The predicted molar refractivity (Wildman–Crippen MR) is 75.2 cm³/mol. The number of ether oxygens (including phenoxy) is 1. The van der Waals surface area contributed by atoms with Gasteiger partial charge in [-0.1, -0.05) is 6.92 Å². The molecular formula is C13H24N4O2. The summed E-state index contributed by atoms with van der Waals surface area (Å²) in [6, 6.07) is 0.153. The van der Waals surface area contributed by atoms with E-state index in [0.29, 0.717) is 12.4 Å². The van der Waals surface area contributed by atoms with Gasteiger partial charge in [0, 0.05) is 19.0 Å². The summed E-state index contributed by atoms with van der Waals surface area (Å²) in [6.45, 7) is 6.97. The number of carbonyl (C=O) groups excluding carboxylic acids is 1. The fraction of sp³-hybridized carbons (Fsp3) is 0.692. The fourth-order valence-electron chi connectivity index (χ4n) is 2.19. The number of aromatic nitrogens is 2. The van der Waals surface area contributed by atoms with Crippen molar-refractivity contribution in [2.45, 2.75) is 33.2 Å². The van der Waals surface area contributed by atoms with E-state index in [0.717, 1.165) is 18.8 Å². The molecule has 1 heterocycles. The molecular weight excluding hydrogens is 244 g/mol. The highest BCUT2D eigenvalue weighted by molar-refractivity contribution is 5.92. The molecule has 1 rings (SSSR count). The molecule has 6 heteroatoms. The number of likely N-dealkylation sites (N-methyl/N-ethyl adjacent to an activating group) is 1. The third-order valence-electron chi connectivity index (χ3n) is 2.88. The van der Waals surface area contributed by atoms with Gasteiger partial charge in [0.25, 0.3) is 0 Å². The number of nitrogen functional groups attached to an aromatic ring is 1. The average Bonchev–Trinajstić information content (AvgIpc) is 2.65. The standard InChI is InChI=1S/C13H24N4O2/c1-6-10-15-11(13(18)19-7-2)12(14)17(10)9(3)8-16(4)5/h9H,6-8,14H2,1-5H3. The van der Waals surface area contributed by atoms with Crippen LogP contribution in [-0.2, 0) is 11.2 Å². The number of esters is 1. The summed E-state index contributed by atoms with van der Waals surface area (Å²) in [6.07, 6.45) is 0.724. The first kappa shape index (κ1) is 15.5. The van der Waals surface area contributed by atoms with Gasteiger partial charge in [0.1, 0.15) is 11.6 Å². The monoisotopic (exact) mass is 268 g/mol. The zero-order valence-corrected chi connectivity index (χ0v) is 12.4. The molecule has 1 atom stereocenters. The maximum Gasteiger partial charge on any atom is 0.360 e. The zero-order valence-electron chi connectivity index (χ0n) is 12.4. The largest absolute Gasteiger partial charge is 0.461 e. The molecule has 0 saturated heterocycles. The van der Waals surface area contributed by atoms with Crippen molar-refractivity contribution in [1.29, 1.82) is 0 Å². The molecule has 0 aliphatic carbocycles. The van der Waals surface area contributed by atoms with E-state index in [-0.39, 0.29) is 11.7 Å². The lowest BCUT2D eigenvalue weighted by Crippen LogP contribution is -2.24. The topological polar surface area (TPSA) is 73.4 Å². The smallest absolute Gasteiger partial charge is 0.360 e. The van der Waals surface area contributed by atoms with Crippen molar-refractivity contribution in [2.75, 3.05) is 33.0 Å². The van der Waals surface area contributed by atoms with Crippen LogP contribution in [0.15, 0.2) is 0 Å². The van der Waals surface area contributed by atoms with Gasteiger partial charge in [0.15, 0.2) is 5.69 Å². The summed E-state index contributed by atoms with van der Waals surface area (Å²) in [5.74, 6) is 0.755. The zero-order chi connectivity index (χ0) is 14.6. The number of hydrogen-bond donors (Lipinski definition) is 1. The summed E-state index contributed by atoms with van der Waals surface area (Å²) in [5, 5.41) is 0. The molecule has 1 aromatic rings. The Morgan fingerprint density at radius 3 is 2.58 bits per heavy atom. The Kier molecular flexibility index (Phi) is 5.35. The molecule has 6 nitrogen and oxygen atoms in total. The van der Waals surface area contributed by atoms with E-state index >= 15 is 0 Å². The van der Waals surface area contributed by atoms with Crippen molar-refractivity contribution < 1.29 is 9.53 Å². The minimum Gasteiger partial charge on any atom is -0.461 e. The molecule has 0 fully saturated rings. The number of carbonyl (C=O) groups is 1. The number of anilines is 1. The first-order valence-corrected chi connectivity index (χ1v) is 6.60. The third kappa shape index (κ3) is 3.47. The number of nitrogens with two attached hydrogens (primary N) is 1. The molecule has 0 amide bonds. The van der Waals surface area contributed by atoms with Crippen LogP contribution in [0.3, 0.4) is 0 Å². The van der Waals surface area contributed by atoms with Crippen LogP contribution in [-0.4, -0.2) is 47.7 Å². The molecule has 1 unspecified atom stereocenters. The van der Waals surface area contributed by atoms with Crippen molar-refractivity contribution in [3.63, 3.8) is 0 Å². The second-order valence-corrected chi connectivity index (χ2v) is 4.82. The molecule has 0 saturated carbocycles. The van der Waals surface area contributed by atoms with Crippen molar-refractivity contribution in [1.82, 2.24) is 14.5 Å². The van der Waals surface area contributed by atoms with Crippen molar-refractivity contribution >= 4 is 11.8 Å². The van der Waals surface area contributed by atoms with E-state index in [1.165, 1.54) is 0 Å². The lowest BCUT2D eigenvalue weighted by Gasteiger charge is -2.21. The molecule has 108 valence electrons. The molecule has 19 heavy (non-hydrogen) atoms. The molecule has 0 aliphatic heterocycles. The minimum absolute atomic E-state index is 0.153. The second-order valence-electron chi connectivity index (χ2n) is 4.82. The van der Waals surface area contributed by atoms with Crippen LogP contribution in [0.4, 0.5) is 5.82 Å². The number of aryl methyl sites for hydroxylation is 1. The number of rotatable bonds is 6. The quantitative estimate of drug-likeness (QED) is 0.788. The Bertz CT molecular complexity index is 440. The van der Waals surface area contributed by atoms with Crippen LogP contribution in [0.5, 0.6) is 0 Å². The van der Waals surface area contributed by atoms with Gasteiger partial charge in [-0.3, -0.25) is 0 Å². The minimum atomic E-state index is -0.453. The molecule has 1 aromatic heterocycles. The molecule has 0 aromatic carbocycles. The second kappa shape index (κ2) is 6.56. The Labute approximate surface area is 114 Å². The van der Waals surface area contributed by atoms with Gasteiger partial charge in [-0.15, -0.1) is 0 Å². The highest BCUT2D eigenvalue weighted by atomic mass is 16.5. The van der Waals surface area contributed by atoms with Gasteiger partial charge in [-0.05, 0) is 27.9 Å². The van der Waals surface area contributed by atoms with Crippen molar-refractivity contribution in [3.8, 4) is 0 Å². The maximum absolute atomic E-state index is 11.8. The number of nitrogens with zero attached hydrogens (tertiary/aromatic N) is 3. The van der Waals surface area contributed by atoms with Crippen LogP contribution >= 0.6 is 0 Å². The van der Waals surface area contributed by atoms with E-state index in [1.807, 2.05) is 25.6 Å². The molecule has 0 spiro atoms. The van der Waals surface area contributed by atoms with Gasteiger partial charge in [-0.2, -0.15) is 0 Å². The normalized spacial score (nSPS) is 12.7. The molecule has 0 radical (unpaired) electrons. The lowest BCUT2D eigenvalue weighted by molar-refractivity contribution is 0.0521. The van der Waals surface area contributed by atoms with Crippen molar-refractivity contribution in [3.05, 3.63) is 11.5 Å². The van der Waals surface area contributed by atoms with Crippen LogP contribution in [0, 0.1) is 0 Å². The maximum atomic E-state index is 11.8. The van der Waals surface area contributed by atoms with Crippen LogP contribution < -0.4 is 5.73 Å². The summed E-state index contributed by atoms with van der Waals surface area (Å²) in [4.78, 5) is 18.2. The first-order valence-electron chi connectivity index (χ1n) is 6.60. The molecule has 2 N–H and O–H groups in total. The highest BCUT2D eigenvalue weighted by Crippen LogP contribution is 2.22. The summed E-state index contributed by atoms with van der Waals surface area (Å²) >= 11 is 0. The van der Waals surface area contributed by atoms with Crippen LogP contribution in [0.2, 0.25) is 0 Å². The van der Waals surface area contributed by atoms with E-state index < -0.39 is 5.97 Å². The lowest BCUT2D eigenvalue weighted by atomic mass is 10.3. The van der Waals surface area contributed by atoms with Gasteiger partial charge in [0.2, 0.25) is 0 Å². The van der Waals surface area contributed by atoms with Gasteiger partial charge >= 0.3 is 5.97 Å². The van der Waals surface area contributed by atoms with Gasteiger partial charge in [0.05, 0.1) is 6.61 Å². The predicted octanol–water partition coefficient (Wildman–Crippen LogP) is 1.33. The number of hydrogen-bond acceptors (Lipinski definition) is 5. The molecule has 0 bridgehead atoms. The fourth-order valence-corrected chi connectivity index (χ4v) is 2.19. The number of imidazole rings is 1.